The molecule has 0 radical (unpaired) electrons. The van der Waals surface area contributed by atoms with E-state index >= 15 is 0 Å². The van der Waals surface area contributed by atoms with Crippen LogP contribution in [0.15, 0.2) is 30.9 Å². The van der Waals surface area contributed by atoms with E-state index in [1.54, 1.807) is 10.7 Å². The van der Waals surface area contributed by atoms with Gasteiger partial charge in [0, 0.05) is 29.1 Å². The minimum absolute atomic E-state index is 0.198. The fraction of sp³-hybridized carbons (Fsp3) is 0.350. The average Bonchev–Trinajstić information content (AvgIpc) is 3.34. The van der Waals surface area contributed by atoms with Gasteiger partial charge < -0.3 is 5.32 Å². The number of halogens is 1. The fourth-order valence-corrected chi connectivity index (χ4v) is 3.78. The Labute approximate surface area is 166 Å². The summed E-state index contributed by atoms with van der Waals surface area (Å²) in [4.78, 5) is 13.3. The Bertz CT molecular complexity index is 1180. The molecule has 0 unspecified atom stereocenters. The Morgan fingerprint density at radius 1 is 1.21 bits per heavy atom. The summed E-state index contributed by atoms with van der Waals surface area (Å²) >= 11 is 0. The van der Waals surface area contributed by atoms with E-state index in [-0.39, 0.29) is 12.0 Å². The van der Waals surface area contributed by atoms with Crippen molar-refractivity contribution in [3.05, 3.63) is 53.5 Å². The lowest BCUT2D eigenvalue weighted by atomic mass is 9.94. The molecule has 4 aromatic heterocycles. The Kier molecular flexibility index (Phi) is 4.22. The van der Waals surface area contributed by atoms with Crippen LogP contribution >= 0.6 is 0 Å². The molecule has 0 bridgehead atoms. The third-order valence-electron chi connectivity index (χ3n) is 5.33. The van der Waals surface area contributed by atoms with Crippen LogP contribution in [-0.2, 0) is 12.8 Å². The summed E-state index contributed by atoms with van der Waals surface area (Å²) in [6.07, 6.45) is 9.18. The number of aryl methyl sites for hydroxylation is 1. The fourth-order valence-electron chi connectivity index (χ4n) is 3.78. The maximum absolute atomic E-state index is 13.7. The van der Waals surface area contributed by atoms with Crippen molar-refractivity contribution in [1.29, 1.82) is 0 Å². The molecule has 0 saturated carbocycles. The van der Waals surface area contributed by atoms with Crippen molar-refractivity contribution in [1.82, 2.24) is 34.8 Å². The Hall–Kier alpha value is -3.36. The summed E-state index contributed by atoms with van der Waals surface area (Å²) in [5.74, 6) is 0.849. The molecule has 0 saturated heterocycles. The Morgan fingerprint density at radius 2 is 2.10 bits per heavy atom. The highest BCUT2D eigenvalue weighted by Crippen LogP contribution is 2.26. The summed E-state index contributed by atoms with van der Waals surface area (Å²) in [6, 6.07) is 1.59. The molecule has 8 nitrogen and oxygen atoms in total. The van der Waals surface area contributed by atoms with Gasteiger partial charge in [-0.25, -0.2) is 9.37 Å². The first-order valence-electron chi connectivity index (χ1n) is 9.72. The quantitative estimate of drug-likeness (QED) is 0.554. The van der Waals surface area contributed by atoms with E-state index < -0.39 is 5.82 Å². The predicted octanol–water partition coefficient (Wildman–Crippen LogP) is 3.14. The van der Waals surface area contributed by atoms with Crippen LogP contribution in [0, 0.1) is 5.82 Å². The molecule has 0 aliphatic heterocycles. The van der Waals surface area contributed by atoms with Crippen molar-refractivity contribution in [2.75, 3.05) is 5.32 Å². The molecule has 0 spiro atoms. The van der Waals surface area contributed by atoms with Crippen molar-refractivity contribution in [3.63, 3.8) is 0 Å². The van der Waals surface area contributed by atoms with E-state index in [9.17, 15) is 4.39 Å². The van der Waals surface area contributed by atoms with Crippen LogP contribution in [0.25, 0.3) is 17.0 Å². The lowest BCUT2D eigenvalue weighted by molar-refractivity contribution is 0.596. The molecule has 29 heavy (non-hydrogen) atoms. The van der Waals surface area contributed by atoms with Gasteiger partial charge in [-0.2, -0.15) is 19.7 Å². The van der Waals surface area contributed by atoms with Gasteiger partial charge in [0.1, 0.15) is 5.82 Å². The second kappa shape index (κ2) is 6.91. The minimum atomic E-state index is -0.419. The molecule has 4 aromatic rings. The van der Waals surface area contributed by atoms with Gasteiger partial charge in [0.15, 0.2) is 11.5 Å². The number of hydrogen-bond donors (Lipinski definition) is 2. The number of hydrogen-bond acceptors (Lipinski definition) is 6. The van der Waals surface area contributed by atoms with Crippen LogP contribution in [0.3, 0.4) is 0 Å². The Balaban J connectivity index is 1.58. The van der Waals surface area contributed by atoms with E-state index in [4.69, 9.17) is 0 Å². The largest absolute Gasteiger partial charge is 0.351 e. The van der Waals surface area contributed by atoms with E-state index in [2.05, 4.69) is 49.4 Å². The second-order valence-corrected chi connectivity index (χ2v) is 7.71. The lowest BCUT2D eigenvalue weighted by Gasteiger charge is -2.23. The number of anilines is 1. The number of aromatic nitrogens is 7. The number of aromatic amines is 1. The third-order valence-corrected chi connectivity index (χ3v) is 5.33. The molecule has 0 aromatic carbocycles. The van der Waals surface area contributed by atoms with Gasteiger partial charge in [-0.05, 0) is 36.8 Å². The number of rotatable bonds is 4. The van der Waals surface area contributed by atoms with Crippen LogP contribution < -0.4 is 5.32 Å². The molecule has 0 fully saturated rings. The smallest absolute Gasteiger partial charge is 0.228 e. The number of nitrogens with zero attached hydrogens (tertiary/aromatic N) is 6. The summed E-state index contributed by atoms with van der Waals surface area (Å²) in [7, 11) is 0. The van der Waals surface area contributed by atoms with Crippen molar-refractivity contribution in [2.45, 2.75) is 45.1 Å². The van der Waals surface area contributed by atoms with Gasteiger partial charge in [0.2, 0.25) is 5.95 Å². The molecule has 9 heteroatoms. The molecule has 1 atom stereocenters. The zero-order valence-electron chi connectivity index (χ0n) is 16.2. The van der Waals surface area contributed by atoms with E-state index in [0.717, 1.165) is 30.5 Å². The number of pyridine rings is 1. The number of nitrogens with one attached hydrogen (secondary N) is 2. The van der Waals surface area contributed by atoms with E-state index in [1.807, 2.05) is 12.4 Å². The van der Waals surface area contributed by atoms with Crippen molar-refractivity contribution in [3.8, 4) is 11.4 Å². The standard InChI is InChI=1S/C20H21FN8/c1-11(2)16-10-24-29-19(16)26-18(13-5-14(21)9-22-7-13)27-20(29)25-15-3-4-17-12(6-15)8-23-28-17/h5,7-11,15H,3-4,6H2,1-2H3,(H,23,28)(H,25,26,27)/t15-/m1/s1. The van der Waals surface area contributed by atoms with Crippen molar-refractivity contribution >= 4 is 11.6 Å². The van der Waals surface area contributed by atoms with Gasteiger partial charge in [-0.1, -0.05) is 13.8 Å². The van der Waals surface area contributed by atoms with Crippen molar-refractivity contribution < 1.29 is 4.39 Å². The van der Waals surface area contributed by atoms with Crippen molar-refractivity contribution in [2.24, 2.45) is 0 Å². The van der Waals surface area contributed by atoms with Gasteiger partial charge >= 0.3 is 0 Å². The zero-order chi connectivity index (χ0) is 20.0. The van der Waals surface area contributed by atoms with E-state index in [0.29, 0.717) is 17.3 Å². The number of fused-ring (bicyclic) bond motifs is 2. The maximum atomic E-state index is 13.7. The molecule has 148 valence electrons. The highest BCUT2D eigenvalue weighted by atomic mass is 19.1. The molecule has 1 aliphatic carbocycles. The van der Waals surface area contributed by atoms with Gasteiger partial charge in [0.05, 0.1) is 18.6 Å². The monoisotopic (exact) mass is 392 g/mol. The van der Waals surface area contributed by atoms with E-state index in [1.165, 1.54) is 23.5 Å². The molecule has 1 aliphatic rings. The lowest BCUT2D eigenvalue weighted by Crippen LogP contribution is -2.28. The first-order valence-corrected chi connectivity index (χ1v) is 9.72. The first kappa shape index (κ1) is 17.7. The average molecular weight is 392 g/mol. The molecule has 4 heterocycles. The van der Waals surface area contributed by atoms with Crippen LogP contribution in [-0.4, -0.2) is 40.8 Å². The highest BCUT2D eigenvalue weighted by Gasteiger charge is 2.23. The predicted molar refractivity (Wildman–Crippen MR) is 106 cm³/mol. The molecular weight excluding hydrogens is 371 g/mol. The van der Waals surface area contributed by atoms with Gasteiger partial charge in [-0.15, -0.1) is 0 Å². The minimum Gasteiger partial charge on any atom is -0.351 e. The molecule has 2 N–H and O–H groups in total. The van der Waals surface area contributed by atoms with Crippen LogP contribution in [0.5, 0.6) is 0 Å². The second-order valence-electron chi connectivity index (χ2n) is 7.71. The summed E-state index contributed by atoms with van der Waals surface area (Å²) in [5.41, 5.74) is 4.69. The third kappa shape index (κ3) is 3.22. The summed E-state index contributed by atoms with van der Waals surface area (Å²) < 4.78 is 15.5. The van der Waals surface area contributed by atoms with Crippen LogP contribution in [0.1, 0.15) is 43.0 Å². The highest BCUT2D eigenvalue weighted by molar-refractivity contribution is 5.62. The molecule has 5 rings (SSSR count). The van der Waals surface area contributed by atoms with Gasteiger partial charge in [-0.3, -0.25) is 10.1 Å². The maximum Gasteiger partial charge on any atom is 0.228 e. The number of H-pyrrole nitrogens is 1. The first-order chi connectivity index (χ1) is 14.1. The molecule has 0 amide bonds. The molecular formula is C20H21FN8. The summed E-state index contributed by atoms with van der Waals surface area (Å²) in [5, 5.41) is 15.2. The SMILES string of the molecule is CC(C)c1cnn2c(N[C@@H]3CCc4[nH]ncc4C3)nc(-c3cncc(F)c3)nc12. The van der Waals surface area contributed by atoms with Crippen LogP contribution in [0.4, 0.5) is 10.3 Å². The Morgan fingerprint density at radius 3 is 2.93 bits per heavy atom. The van der Waals surface area contributed by atoms with Gasteiger partial charge in [0.25, 0.3) is 0 Å². The topological polar surface area (TPSA) is 96.7 Å². The zero-order valence-corrected chi connectivity index (χ0v) is 16.2. The normalized spacial score (nSPS) is 16.3. The van der Waals surface area contributed by atoms with Crippen LogP contribution in [0.2, 0.25) is 0 Å². The summed E-state index contributed by atoms with van der Waals surface area (Å²) in [6.45, 7) is 4.19.